The number of ether oxygens (including phenoxy) is 1. The lowest BCUT2D eigenvalue weighted by atomic mass is 10.1. The van der Waals surface area contributed by atoms with E-state index in [4.69, 9.17) is 4.74 Å². The lowest BCUT2D eigenvalue weighted by molar-refractivity contribution is 0.229. The van der Waals surface area contributed by atoms with Crippen LogP contribution in [0.25, 0.3) is 11.3 Å². The predicted octanol–water partition coefficient (Wildman–Crippen LogP) is 2.64. The molecule has 3 nitrogen and oxygen atoms in total. The Morgan fingerprint density at radius 2 is 2.06 bits per heavy atom. The zero-order chi connectivity index (χ0) is 11.0. The highest BCUT2D eigenvalue weighted by molar-refractivity contribution is 5.62. The Morgan fingerprint density at radius 1 is 1.25 bits per heavy atom. The molecule has 16 heavy (non-hydrogen) atoms. The highest BCUT2D eigenvalue weighted by atomic mass is 16.5. The van der Waals surface area contributed by atoms with Crippen LogP contribution in [0.5, 0.6) is 6.01 Å². The number of hydrogen-bond acceptors (Lipinski definition) is 2. The van der Waals surface area contributed by atoms with Crippen LogP contribution in [0.1, 0.15) is 12.1 Å². The maximum absolute atomic E-state index is 5.56. The van der Waals surface area contributed by atoms with Crippen molar-refractivity contribution in [2.75, 3.05) is 6.61 Å². The van der Waals surface area contributed by atoms with Gasteiger partial charge in [-0.05, 0) is 13.3 Å². The predicted molar refractivity (Wildman–Crippen MR) is 62.5 cm³/mol. The van der Waals surface area contributed by atoms with Gasteiger partial charge in [-0.25, -0.2) is 0 Å². The highest BCUT2D eigenvalue weighted by Gasteiger charge is 2.18. The number of fused-ring (bicyclic) bond motifs is 1. The summed E-state index contributed by atoms with van der Waals surface area (Å²) in [5.74, 6) is 0. The summed E-state index contributed by atoms with van der Waals surface area (Å²) < 4.78 is 7.72. The van der Waals surface area contributed by atoms with Crippen molar-refractivity contribution < 1.29 is 4.74 Å². The van der Waals surface area contributed by atoms with Gasteiger partial charge in [0.15, 0.2) is 0 Å². The Bertz CT molecular complexity index is 502. The molecule has 3 rings (SSSR count). The topological polar surface area (TPSA) is 27.1 Å². The second kappa shape index (κ2) is 3.67. The van der Waals surface area contributed by atoms with Gasteiger partial charge in [0, 0.05) is 17.8 Å². The van der Waals surface area contributed by atoms with Crippen molar-refractivity contribution in [1.82, 2.24) is 9.55 Å². The second-order valence-electron chi connectivity index (χ2n) is 4.05. The number of imidazole rings is 1. The van der Waals surface area contributed by atoms with E-state index in [1.807, 2.05) is 18.2 Å². The molecule has 0 radical (unpaired) electrons. The van der Waals surface area contributed by atoms with E-state index in [0.29, 0.717) is 0 Å². The van der Waals surface area contributed by atoms with Gasteiger partial charge in [-0.2, -0.15) is 4.98 Å². The minimum atomic E-state index is 0.766. The quantitative estimate of drug-likeness (QED) is 0.729. The molecular weight excluding hydrogens is 200 g/mol. The van der Waals surface area contributed by atoms with Gasteiger partial charge in [-0.1, -0.05) is 30.3 Å². The zero-order valence-electron chi connectivity index (χ0n) is 9.31. The fourth-order valence-electron chi connectivity index (χ4n) is 2.14. The van der Waals surface area contributed by atoms with Crippen LogP contribution < -0.4 is 4.74 Å². The van der Waals surface area contributed by atoms with Crippen LogP contribution in [0.15, 0.2) is 30.3 Å². The summed E-state index contributed by atoms with van der Waals surface area (Å²) in [6, 6.07) is 11.0. The Hall–Kier alpha value is -1.77. The second-order valence-corrected chi connectivity index (χ2v) is 4.05. The number of nitrogens with zero attached hydrogens (tertiary/aromatic N) is 2. The minimum absolute atomic E-state index is 0.766. The van der Waals surface area contributed by atoms with Crippen LogP contribution >= 0.6 is 0 Å². The average Bonchev–Trinajstić information content (AvgIpc) is 2.69. The molecule has 1 aromatic carbocycles. The van der Waals surface area contributed by atoms with Crippen LogP contribution in [0, 0.1) is 6.92 Å². The fourth-order valence-corrected chi connectivity index (χ4v) is 2.14. The fraction of sp³-hybridized carbons (Fsp3) is 0.308. The van der Waals surface area contributed by atoms with E-state index >= 15 is 0 Å². The first-order chi connectivity index (χ1) is 7.86. The Balaban J connectivity index is 2.12. The van der Waals surface area contributed by atoms with E-state index in [1.165, 1.54) is 5.69 Å². The smallest absolute Gasteiger partial charge is 0.297 e. The molecule has 0 atom stereocenters. The molecular formula is C13H14N2O. The average molecular weight is 214 g/mol. The van der Waals surface area contributed by atoms with Gasteiger partial charge in [0.25, 0.3) is 6.01 Å². The first kappa shape index (κ1) is 9.46. The molecule has 0 saturated carbocycles. The maximum Gasteiger partial charge on any atom is 0.297 e. The molecule has 1 aliphatic heterocycles. The maximum atomic E-state index is 5.56. The Kier molecular flexibility index (Phi) is 2.17. The first-order valence-electron chi connectivity index (χ1n) is 5.61. The number of aromatic nitrogens is 2. The standard InChI is InChI=1S/C13H14N2O/c1-10-12(11-6-3-2-4-7-11)14-13-15(10)8-5-9-16-13/h2-4,6-7H,5,8-9H2,1H3. The van der Waals surface area contributed by atoms with Gasteiger partial charge in [-0.15, -0.1) is 0 Å². The number of rotatable bonds is 1. The monoisotopic (exact) mass is 214 g/mol. The normalized spacial score (nSPS) is 14.3. The van der Waals surface area contributed by atoms with Crippen molar-refractivity contribution in [3.8, 4) is 17.3 Å². The summed E-state index contributed by atoms with van der Waals surface area (Å²) in [4.78, 5) is 4.56. The summed E-state index contributed by atoms with van der Waals surface area (Å²) in [5.41, 5.74) is 3.39. The summed E-state index contributed by atoms with van der Waals surface area (Å²) in [6.45, 7) is 3.90. The Labute approximate surface area is 94.7 Å². The van der Waals surface area contributed by atoms with E-state index in [9.17, 15) is 0 Å². The van der Waals surface area contributed by atoms with Crippen molar-refractivity contribution in [1.29, 1.82) is 0 Å². The third-order valence-corrected chi connectivity index (χ3v) is 2.99. The summed E-state index contributed by atoms with van der Waals surface area (Å²) in [5, 5.41) is 0. The third-order valence-electron chi connectivity index (χ3n) is 2.99. The van der Waals surface area contributed by atoms with Crippen molar-refractivity contribution in [2.45, 2.75) is 19.9 Å². The molecule has 0 amide bonds. The van der Waals surface area contributed by atoms with Gasteiger partial charge >= 0.3 is 0 Å². The Morgan fingerprint density at radius 3 is 2.81 bits per heavy atom. The molecule has 1 aliphatic rings. The van der Waals surface area contributed by atoms with E-state index < -0.39 is 0 Å². The molecule has 0 fully saturated rings. The molecule has 0 aliphatic carbocycles. The van der Waals surface area contributed by atoms with Crippen molar-refractivity contribution in [2.24, 2.45) is 0 Å². The lowest BCUT2D eigenvalue weighted by Gasteiger charge is -2.15. The van der Waals surface area contributed by atoms with E-state index in [0.717, 1.165) is 36.8 Å². The van der Waals surface area contributed by atoms with E-state index in [2.05, 4.69) is 28.6 Å². The summed E-state index contributed by atoms with van der Waals surface area (Å²) in [7, 11) is 0. The van der Waals surface area contributed by atoms with Gasteiger partial charge in [0.05, 0.1) is 12.3 Å². The first-order valence-corrected chi connectivity index (χ1v) is 5.61. The molecule has 0 unspecified atom stereocenters. The summed E-state index contributed by atoms with van der Waals surface area (Å²) in [6.07, 6.45) is 1.07. The van der Waals surface area contributed by atoms with Crippen molar-refractivity contribution >= 4 is 0 Å². The van der Waals surface area contributed by atoms with Crippen LogP contribution in [0.3, 0.4) is 0 Å². The van der Waals surface area contributed by atoms with Crippen LogP contribution in [0.2, 0.25) is 0 Å². The third kappa shape index (κ3) is 1.40. The van der Waals surface area contributed by atoms with Crippen LogP contribution in [-0.2, 0) is 6.54 Å². The SMILES string of the molecule is Cc1c(-c2ccccc2)nc2n1CCCO2. The van der Waals surface area contributed by atoms with Gasteiger partial charge in [0.1, 0.15) is 0 Å². The van der Waals surface area contributed by atoms with Crippen LogP contribution in [0.4, 0.5) is 0 Å². The number of hydrogen-bond donors (Lipinski definition) is 0. The van der Waals surface area contributed by atoms with Crippen molar-refractivity contribution in [3.63, 3.8) is 0 Å². The zero-order valence-corrected chi connectivity index (χ0v) is 9.31. The molecule has 0 bridgehead atoms. The molecule has 82 valence electrons. The van der Waals surface area contributed by atoms with Gasteiger partial charge in [-0.3, -0.25) is 4.57 Å². The van der Waals surface area contributed by atoms with Gasteiger partial charge in [0.2, 0.25) is 0 Å². The molecule has 0 N–H and O–H groups in total. The molecule has 1 aromatic heterocycles. The molecule has 0 saturated heterocycles. The molecule has 2 heterocycles. The molecule has 3 heteroatoms. The number of benzene rings is 1. The highest BCUT2D eigenvalue weighted by Crippen LogP contribution is 2.28. The van der Waals surface area contributed by atoms with E-state index in [1.54, 1.807) is 0 Å². The largest absolute Gasteiger partial charge is 0.465 e. The van der Waals surface area contributed by atoms with Crippen LogP contribution in [-0.4, -0.2) is 16.2 Å². The van der Waals surface area contributed by atoms with Gasteiger partial charge < -0.3 is 4.74 Å². The van der Waals surface area contributed by atoms with Crippen molar-refractivity contribution in [3.05, 3.63) is 36.0 Å². The van der Waals surface area contributed by atoms with E-state index in [-0.39, 0.29) is 0 Å². The molecule has 0 spiro atoms. The lowest BCUT2D eigenvalue weighted by Crippen LogP contribution is -2.14. The summed E-state index contributed by atoms with van der Waals surface area (Å²) >= 11 is 0. The minimum Gasteiger partial charge on any atom is -0.465 e. The molecule has 2 aromatic rings.